The molecule has 1 aliphatic rings. The van der Waals surface area contributed by atoms with E-state index in [0.29, 0.717) is 30.2 Å². The predicted octanol–water partition coefficient (Wildman–Crippen LogP) is 1.76. The summed E-state index contributed by atoms with van der Waals surface area (Å²) in [5.74, 6) is 1.07. The van der Waals surface area contributed by atoms with Gasteiger partial charge < -0.3 is 20.1 Å². The van der Waals surface area contributed by atoms with E-state index in [-0.39, 0.29) is 30.9 Å². The first-order valence-corrected chi connectivity index (χ1v) is 8.21. The lowest BCUT2D eigenvalue weighted by Crippen LogP contribution is -2.41. The summed E-state index contributed by atoms with van der Waals surface area (Å²) >= 11 is 0. The van der Waals surface area contributed by atoms with E-state index in [2.05, 4.69) is 10.6 Å². The molecule has 25 heavy (non-hydrogen) atoms. The van der Waals surface area contributed by atoms with Crippen LogP contribution in [0, 0.1) is 0 Å². The Morgan fingerprint density at radius 1 is 0.960 bits per heavy atom. The maximum Gasteiger partial charge on any atom is 0.251 e. The molecule has 0 aromatic heterocycles. The van der Waals surface area contributed by atoms with Gasteiger partial charge in [-0.15, -0.1) is 0 Å². The van der Waals surface area contributed by atoms with Crippen molar-refractivity contribution in [3.63, 3.8) is 0 Å². The highest BCUT2D eigenvalue weighted by Gasteiger charge is 2.20. The highest BCUT2D eigenvalue weighted by molar-refractivity contribution is 5.94. The molecular weight excluding hydrogens is 320 g/mol. The minimum absolute atomic E-state index is 0.143. The summed E-state index contributed by atoms with van der Waals surface area (Å²) in [5, 5.41) is 5.53. The number of nitrogens with one attached hydrogen (secondary N) is 2. The normalized spacial score (nSPS) is 15.3. The third-order valence-corrected chi connectivity index (χ3v) is 3.77. The van der Waals surface area contributed by atoms with Gasteiger partial charge in [-0.1, -0.05) is 30.3 Å². The average molecular weight is 340 g/mol. The lowest BCUT2D eigenvalue weighted by Gasteiger charge is -2.26. The van der Waals surface area contributed by atoms with E-state index in [4.69, 9.17) is 9.47 Å². The molecule has 1 aliphatic heterocycles. The van der Waals surface area contributed by atoms with Crippen molar-refractivity contribution in [1.82, 2.24) is 10.6 Å². The van der Waals surface area contributed by atoms with Gasteiger partial charge in [0.05, 0.1) is 6.54 Å². The number of fused-ring (bicyclic) bond motifs is 1. The van der Waals surface area contributed by atoms with E-state index in [9.17, 15) is 9.59 Å². The number of carbonyl (C=O) groups excluding carboxylic acids is 2. The zero-order valence-corrected chi connectivity index (χ0v) is 13.7. The molecule has 0 bridgehead atoms. The van der Waals surface area contributed by atoms with Crippen molar-refractivity contribution in [3.8, 4) is 11.5 Å². The number of hydrogen-bond donors (Lipinski definition) is 2. The topological polar surface area (TPSA) is 76.7 Å². The van der Waals surface area contributed by atoms with Crippen LogP contribution in [0.3, 0.4) is 0 Å². The first-order chi connectivity index (χ1) is 12.2. The summed E-state index contributed by atoms with van der Waals surface area (Å²) in [6.45, 7) is 1.03. The summed E-state index contributed by atoms with van der Waals surface area (Å²) < 4.78 is 11.4. The third-order valence-electron chi connectivity index (χ3n) is 3.77. The SMILES string of the molecule is O=C(CCNC(=O)c1ccccc1)NCC1COc2ccccc2O1. The van der Waals surface area contributed by atoms with E-state index in [1.54, 1.807) is 24.3 Å². The second-order valence-corrected chi connectivity index (χ2v) is 5.67. The van der Waals surface area contributed by atoms with Gasteiger partial charge in [0.25, 0.3) is 5.91 Å². The molecule has 1 heterocycles. The number of para-hydroxylation sites is 2. The Morgan fingerprint density at radius 3 is 2.48 bits per heavy atom. The Labute approximate surface area is 146 Å². The van der Waals surface area contributed by atoms with Gasteiger partial charge in [0.15, 0.2) is 11.5 Å². The van der Waals surface area contributed by atoms with Crippen LogP contribution in [-0.4, -0.2) is 37.6 Å². The third kappa shape index (κ3) is 4.73. The van der Waals surface area contributed by atoms with Crippen LogP contribution in [0.1, 0.15) is 16.8 Å². The molecule has 1 atom stereocenters. The van der Waals surface area contributed by atoms with Gasteiger partial charge in [0.1, 0.15) is 12.7 Å². The average Bonchev–Trinajstić information content (AvgIpc) is 2.67. The fourth-order valence-corrected chi connectivity index (χ4v) is 2.46. The number of ether oxygens (including phenoxy) is 2. The van der Waals surface area contributed by atoms with Crippen LogP contribution in [0.25, 0.3) is 0 Å². The number of carbonyl (C=O) groups is 2. The lowest BCUT2D eigenvalue weighted by atomic mass is 10.2. The van der Waals surface area contributed by atoms with Gasteiger partial charge >= 0.3 is 0 Å². The molecule has 1 unspecified atom stereocenters. The van der Waals surface area contributed by atoms with Crippen molar-refractivity contribution in [3.05, 3.63) is 60.2 Å². The summed E-state index contributed by atoms with van der Waals surface area (Å²) in [6, 6.07) is 16.3. The molecule has 0 spiro atoms. The molecule has 130 valence electrons. The second kappa shape index (κ2) is 8.19. The molecular formula is C19H20N2O4. The van der Waals surface area contributed by atoms with Crippen LogP contribution >= 0.6 is 0 Å². The highest BCUT2D eigenvalue weighted by Crippen LogP contribution is 2.30. The van der Waals surface area contributed by atoms with E-state index >= 15 is 0 Å². The summed E-state index contributed by atoms with van der Waals surface area (Å²) in [7, 11) is 0. The summed E-state index contributed by atoms with van der Waals surface area (Å²) in [5.41, 5.74) is 0.578. The maximum atomic E-state index is 11.9. The minimum atomic E-state index is -0.224. The summed E-state index contributed by atoms with van der Waals surface area (Å²) in [4.78, 5) is 23.8. The van der Waals surface area contributed by atoms with Crippen LogP contribution < -0.4 is 20.1 Å². The zero-order chi connectivity index (χ0) is 17.5. The smallest absolute Gasteiger partial charge is 0.251 e. The lowest BCUT2D eigenvalue weighted by molar-refractivity contribution is -0.121. The fraction of sp³-hybridized carbons (Fsp3) is 0.263. The van der Waals surface area contributed by atoms with Gasteiger partial charge in [-0.3, -0.25) is 9.59 Å². The molecule has 0 radical (unpaired) electrons. The Bertz CT molecular complexity index is 733. The molecule has 2 aromatic rings. The van der Waals surface area contributed by atoms with Crippen molar-refractivity contribution in [1.29, 1.82) is 0 Å². The standard InChI is InChI=1S/C19H20N2O4/c22-18(10-11-20-19(23)14-6-2-1-3-7-14)21-12-15-13-24-16-8-4-5-9-17(16)25-15/h1-9,15H,10-13H2,(H,20,23)(H,21,22). The Balaban J connectivity index is 1.36. The van der Waals surface area contributed by atoms with Crippen LogP contribution in [0.15, 0.2) is 54.6 Å². The Morgan fingerprint density at radius 2 is 1.68 bits per heavy atom. The molecule has 2 aromatic carbocycles. The van der Waals surface area contributed by atoms with E-state index in [1.165, 1.54) is 0 Å². The van der Waals surface area contributed by atoms with Crippen molar-refractivity contribution in [2.24, 2.45) is 0 Å². The van der Waals surface area contributed by atoms with Crippen molar-refractivity contribution >= 4 is 11.8 Å². The van der Waals surface area contributed by atoms with Crippen molar-refractivity contribution in [2.45, 2.75) is 12.5 Å². The van der Waals surface area contributed by atoms with Crippen LogP contribution in [0.5, 0.6) is 11.5 Å². The highest BCUT2D eigenvalue weighted by atomic mass is 16.6. The minimum Gasteiger partial charge on any atom is -0.486 e. The monoisotopic (exact) mass is 340 g/mol. The number of hydrogen-bond acceptors (Lipinski definition) is 4. The van der Waals surface area contributed by atoms with Crippen LogP contribution in [0.4, 0.5) is 0 Å². The van der Waals surface area contributed by atoms with Crippen LogP contribution in [-0.2, 0) is 4.79 Å². The van der Waals surface area contributed by atoms with Gasteiger partial charge in [0, 0.05) is 18.5 Å². The predicted molar refractivity (Wildman–Crippen MR) is 92.8 cm³/mol. The fourth-order valence-electron chi connectivity index (χ4n) is 2.46. The first-order valence-electron chi connectivity index (χ1n) is 8.21. The zero-order valence-electron chi connectivity index (χ0n) is 13.7. The Kier molecular flexibility index (Phi) is 5.51. The van der Waals surface area contributed by atoms with Gasteiger partial charge in [0.2, 0.25) is 5.91 Å². The second-order valence-electron chi connectivity index (χ2n) is 5.67. The molecule has 6 nitrogen and oxygen atoms in total. The van der Waals surface area contributed by atoms with Crippen LogP contribution in [0.2, 0.25) is 0 Å². The maximum absolute atomic E-state index is 11.9. The molecule has 2 amide bonds. The first kappa shape index (κ1) is 16.8. The van der Waals surface area contributed by atoms with Gasteiger partial charge in [-0.05, 0) is 24.3 Å². The molecule has 2 N–H and O–H groups in total. The molecule has 0 fully saturated rings. The van der Waals surface area contributed by atoms with Gasteiger partial charge in [-0.2, -0.15) is 0 Å². The molecule has 6 heteroatoms. The largest absolute Gasteiger partial charge is 0.486 e. The quantitative estimate of drug-likeness (QED) is 0.840. The van der Waals surface area contributed by atoms with Crippen molar-refractivity contribution < 1.29 is 19.1 Å². The Hall–Kier alpha value is -3.02. The summed E-state index contributed by atoms with van der Waals surface area (Å²) in [6.07, 6.45) is -0.0132. The number of amides is 2. The number of rotatable bonds is 6. The van der Waals surface area contributed by atoms with E-state index in [0.717, 1.165) is 0 Å². The number of benzene rings is 2. The van der Waals surface area contributed by atoms with E-state index in [1.807, 2.05) is 30.3 Å². The molecule has 0 aliphatic carbocycles. The molecule has 3 rings (SSSR count). The molecule has 0 saturated heterocycles. The van der Waals surface area contributed by atoms with Crippen molar-refractivity contribution in [2.75, 3.05) is 19.7 Å². The van der Waals surface area contributed by atoms with Gasteiger partial charge in [-0.25, -0.2) is 0 Å². The molecule has 0 saturated carbocycles. The van der Waals surface area contributed by atoms with E-state index < -0.39 is 0 Å².